The van der Waals surface area contributed by atoms with Gasteiger partial charge in [-0.25, -0.2) is 9.37 Å². The maximum atomic E-state index is 13.0. The van der Waals surface area contributed by atoms with Crippen LogP contribution in [0.3, 0.4) is 0 Å². The molecule has 30 heavy (non-hydrogen) atoms. The second-order valence-electron chi connectivity index (χ2n) is 8.37. The summed E-state index contributed by atoms with van der Waals surface area (Å²) < 4.78 is 15.6. The summed E-state index contributed by atoms with van der Waals surface area (Å²) >= 11 is 1.82. The van der Waals surface area contributed by atoms with Crippen LogP contribution in [-0.2, 0) is 0 Å². The summed E-state index contributed by atoms with van der Waals surface area (Å²) in [7, 11) is 0. The number of hydrogen-bond donors (Lipinski definition) is 0. The van der Waals surface area contributed by atoms with E-state index in [9.17, 15) is 4.39 Å². The van der Waals surface area contributed by atoms with Crippen LogP contribution in [0.4, 0.5) is 4.39 Å². The molecule has 0 N–H and O–H groups in total. The molecule has 160 valence electrons. The van der Waals surface area contributed by atoms with E-state index >= 15 is 0 Å². The molecule has 4 rings (SSSR count). The third-order valence-corrected chi connectivity index (χ3v) is 7.40. The Balaban J connectivity index is 1.32. The van der Waals surface area contributed by atoms with Crippen molar-refractivity contribution in [1.82, 2.24) is 14.5 Å². The number of fused-ring (bicyclic) bond motifs is 1. The van der Waals surface area contributed by atoms with E-state index in [-0.39, 0.29) is 5.82 Å². The van der Waals surface area contributed by atoms with Crippen molar-refractivity contribution in [3.05, 3.63) is 60.2 Å². The van der Waals surface area contributed by atoms with Gasteiger partial charge in [0.1, 0.15) is 11.6 Å². The van der Waals surface area contributed by atoms with E-state index in [0.29, 0.717) is 12.0 Å². The molecule has 0 radical (unpaired) electrons. The summed E-state index contributed by atoms with van der Waals surface area (Å²) in [5.74, 6) is 2.66. The van der Waals surface area contributed by atoms with Gasteiger partial charge in [-0.3, -0.25) is 0 Å². The van der Waals surface area contributed by atoms with Gasteiger partial charge in [0, 0.05) is 29.9 Å². The van der Waals surface area contributed by atoms with Crippen LogP contribution >= 0.6 is 11.8 Å². The molecule has 0 aliphatic carbocycles. The Labute approximate surface area is 183 Å². The van der Waals surface area contributed by atoms with Crippen molar-refractivity contribution >= 4 is 22.8 Å². The lowest BCUT2D eigenvalue weighted by Crippen LogP contribution is -2.36. The monoisotopic (exact) mass is 425 g/mol. The average Bonchev–Trinajstić information content (AvgIpc) is 3.17. The molecule has 0 saturated carbocycles. The van der Waals surface area contributed by atoms with Gasteiger partial charge in [0.15, 0.2) is 0 Å². The predicted octanol–water partition coefficient (Wildman–Crippen LogP) is 6.51. The zero-order chi connectivity index (χ0) is 20.9. The maximum Gasteiger partial charge on any atom is 0.123 e. The molecule has 1 unspecified atom stereocenters. The van der Waals surface area contributed by atoms with E-state index in [4.69, 9.17) is 4.98 Å². The number of imidazole rings is 1. The Morgan fingerprint density at radius 3 is 2.57 bits per heavy atom. The number of benzene rings is 2. The predicted molar refractivity (Wildman–Crippen MR) is 125 cm³/mol. The van der Waals surface area contributed by atoms with Crippen LogP contribution in [0.2, 0.25) is 0 Å². The fraction of sp³-hybridized carbons (Fsp3) is 0.480. The lowest BCUT2D eigenvalue weighted by Gasteiger charge is -2.34. The highest BCUT2D eigenvalue weighted by molar-refractivity contribution is 7.99. The van der Waals surface area contributed by atoms with Gasteiger partial charge in [-0.1, -0.05) is 26.0 Å². The van der Waals surface area contributed by atoms with Gasteiger partial charge in [-0.05, 0) is 74.4 Å². The minimum Gasteiger partial charge on any atom is -0.325 e. The maximum absolute atomic E-state index is 13.0. The zero-order valence-electron chi connectivity index (χ0n) is 18.1. The van der Waals surface area contributed by atoms with Crippen LogP contribution in [0, 0.1) is 5.82 Å². The molecule has 0 bridgehead atoms. The summed E-state index contributed by atoms with van der Waals surface area (Å²) in [5.41, 5.74) is 2.43. The van der Waals surface area contributed by atoms with Gasteiger partial charge >= 0.3 is 0 Å². The molecule has 2 heterocycles. The second kappa shape index (κ2) is 9.97. The average molecular weight is 426 g/mol. The fourth-order valence-corrected chi connectivity index (χ4v) is 5.22. The van der Waals surface area contributed by atoms with Gasteiger partial charge in [0.25, 0.3) is 0 Å². The molecule has 1 aliphatic heterocycles. The number of likely N-dealkylation sites (tertiary alicyclic amines) is 1. The topological polar surface area (TPSA) is 21.1 Å². The quantitative estimate of drug-likeness (QED) is 0.303. The number of piperidine rings is 1. The Kier molecular flexibility index (Phi) is 7.11. The number of para-hydroxylation sites is 2. The van der Waals surface area contributed by atoms with Crippen molar-refractivity contribution in [2.75, 3.05) is 25.4 Å². The number of nitrogens with zero attached hydrogens (tertiary/aromatic N) is 3. The molecule has 0 amide bonds. The largest absolute Gasteiger partial charge is 0.325 e. The normalized spacial score (nSPS) is 16.9. The first-order valence-electron chi connectivity index (χ1n) is 11.2. The SMILES string of the molecule is CCC(C)c1nc2ccccc2n1C1CCN(CCCSc2ccc(F)cc2)CC1. The first kappa shape index (κ1) is 21.4. The van der Waals surface area contributed by atoms with Gasteiger partial charge in [0.2, 0.25) is 0 Å². The molecule has 1 fully saturated rings. The Hall–Kier alpha value is -1.85. The van der Waals surface area contributed by atoms with Crippen molar-refractivity contribution in [2.24, 2.45) is 0 Å². The number of rotatable bonds is 8. The Morgan fingerprint density at radius 1 is 1.10 bits per heavy atom. The first-order valence-corrected chi connectivity index (χ1v) is 12.2. The van der Waals surface area contributed by atoms with E-state index < -0.39 is 0 Å². The molecule has 1 aromatic heterocycles. The second-order valence-corrected chi connectivity index (χ2v) is 9.54. The lowest BCUT2D eigenvalue weighted by molar-refractivity contribution is 0.187. The molecule has 3 aromatic rings. The van der Waals surface area contributed by atoms with Crippen LogP contribution in [-0.4, -0.2) is 39.8 Å². The number of thioether (sulfide) groups is 1. The minimum atomic E-state index is -0.163. The van der Waals surface area contributed by atoms with Gasteiger partial charge in [-0.2, -0.15) is 0 Å². The lowest BCUT2D eigenvalue weighted by atomic mass is 10.0. The van der Waals surface area contributed by atoms with Crippen LogP contribution < -0.4 is 0 Å². The molecular formula is C25H32FN3S. The van der Waals surface area contributed by atoms with Crippen LogP contribution in [0.25, 0.3) is 11.0 Å². The highest BCUT2D eigenvalue weighted by atomic mass is 32.2. The van der Waals surface area contributed by atoms with Crippen molar-refractivity contribution in [3.63, 3.8) is 0 Å². The summed E-state index contributed by atoms with van der Waals surface area (Å²) in [6.45, 7) is 7.99. The first-order chi connectivity index (χ1) is 14.7. The number of aromatic nitrogens is 2. The molecule has 1 aliphatic rings. The molecule has 0 spiro atoms. The van der Waals surface area contributed by atoms with E-state index in [1.165, 1.54) is 30.6 Å². The third-order valence-electron chi connectivity index (χ3n) is 6.30. The number of hydrogen-bond acceptors (Lipinski definition) is 3. The molecule has 1 atom stereocenters. The standard InChI is InChI=1S/C25H32FN3S/c1-3-19(2)25-27-23-7-4-5-8-24(23)29(25)21-13-16-28(17-14-21)15-6-18-30-22-11-9-20(26)10-12-22/h4-5,7-12,19,21H,3,6,13-18H2,1-2H3. The minimum absolute atomic E-state index is 0.163. The number of halogens is 1. The fourth-order valence-electron chi connectivity index (χ4n) is 4.39. The summed E-state index contributed by atoms with van der Waals surface area (Å²) in [5, 5.41) is 0. The van der Waals surface area contributed by atoms with E-state index in [2.05, 4.69) is 47.6 Å². The van der Waals surface area contributed by atoms with E-state index in [1.54, 1.807) is 12.1 Å². The van der Waals surface area contributed by atoms with Gasteiger partial charge in [0.05, 0.1) is 11.0 Å². The Morgan fingerprint density at radius 2 is 1.83 bits per heavy atom. The van der Waals surface area contributed by atoms with E-state index in [1.807, 2.05) is 23.9 Å². The molecule has 1 saturated heterocycles. The van der Waals surface area contributed by atoms with Crippen LogP contribution in [0.15, 0.2) is 53.4 Å². The van der Waals surface area contributed by atoms with Crippen LogP contribution in [0.5, 0.6) is 0 Å². The summed E-state index contributed by atoms with van der Waals surface area (Å²) in [6, 6.07) is 16.0. The smallest absolute Gasteiger partial charge is 0.123 e. The summed E-state index contributed by atoms with van der Waals surface area (Å²) in [4.78, 5) is 8.75. The van der Waals surface area contributed by atoms with Crippen molar-refractivity contribution in [1.29, 1.82) is 0 Å². The third kappa shape index (κ3) is 4.89. The highest BCUT2D eigenvalue weighted by Crippen LogP contribution is 2.32. The molecular weight excluding hydrogens is 393 g/mol. The summed E-state index contributed by atoms with van der Waals surface area (Å²) in [6.07, 6.45) is 4.66. The molecule has 2 aromatic carbocycles. The van der Waals surface area contributed by atoms with Crippen molar-refractivity contribution in [3.8, 4) is 0 Å². The van der Waals surface area contributed by atoms with Crippen LogP contribution in [0.1, 0.15) is 57.3 Å². The zero-order valence-corrected chi connectivity index (χ0v) is 18.9. The van der Waals surface area contributed by atoms with Crippen molar-refractivity contribution in [2.45, 2.75) is 56.4 Å². The molecule has 5 heteroatoms. The molecule has 3 nitrogen and oxygen atoms in total. The highest BCUT2D eigenvalue weighted by Gasteiger charge is 2.25. The Bertz CT molecular complexity index is 945. The van der Waals surface area contributed by atoms with Gasteiger partial charge in [-0.15, -0.1) is 11.8 Å². The van der Waals surface area contributed by atoms with E-state index in [0.717, 1.165) is 42.2 Å². The van der Waals surface area contributed by atoms with Crippen molar-refractivity contribution < 1.29 is 4.39 Å². The van der Waals surface area contributed by atoms with Gasteiger partial charge < -0.3 is 9.47 Å².